The van der Waals surface area contributed by atoms with Crippen molar-refractivity contribution >= 4 is 44.7 Å². The van der Waals surface area contributed by atoms with E-state index in [2.05, 4.69) is 71.3 Å². The van der Waals surface area contributed by atoms with Gasteiger partial charge >= 0.3 is 0 Å². The number of thioether (sulfide) groups is 1. The maximum absolute atomic E-state index is 6.09. The Bertz CT molecular complexity index is 1610. The second-order valence-electron chi connectivity index (χ2n) is 7.63. The molecule has 0 saturated heterocycles. The van der Waals surface area contributed by atoms with Crippen molar-refractivity contribution in [3.8, 4) is 16.8 Å². The maximum atomic E-state index is 6.09. The Morgan fingerprint density at radius 2 is 1.70 bits per heavy atom. The molecule has 3 heterocycles. The molecule has 1 aliphatic rings. The highest BCUT2D eigenvalue weighted by Crippen LogP contribution is 2.41. The lowest BCUT2D eigenvalue weighted by Crippen LogP contribution is -2.05. The lowest BCUT2D eigenvalue weighted by Gasteiger charge is -2.20. The van der Waals surface area contributed by atoms with Crippen LogP contribution >= 0.6 is 11.8 Å². The first-order valence-corrected chi connectivity index (χ1v) is 11.0. The fourth-order valence-corrected chi connectivity index (χ4v) is 5.58. The summed E-state index contributed by atoms with van der Waals surface area (Å²) in [6, 6.07) is 29.7. The molecule has 30 heavy (non-hydrogen) atoms. The average Bonchev–Trinajstić information content (AvgIpc) is 3.37. The number of imidazole rings is 1. The Morgan fingerprint density at radius 1 is 0.833 bits per heavy atom. The van der Waals surface area contributed by atoms with Crippen LogP contribution < -0.4 is 0 Å². The van der Waals surface area contributed by atoms with Crippen LogP contribution in [0.5, 0.6) is 0 Å². The molecule has 7 rings (SSSR count). The summed E-state index contributed by atoms with van der Waals surface area (Å²) in [4.78, 5) is 4.81. The molecular formula is C26H16N2OS. The standard InChI is InChI=1S/C26H16N2OS/c1-4-10-23-19(6-1)25-18(7-5-11-24(25)29-23)16-12-13-21-17(14-16)15-30-26-27-20-8-2-3-9-22(20)28(21)26/h1-14H,15H2. The first kappa shape index (κ1) is 16.3. The van der Waals surface area contributed by atoms with Gasteiger partial charge in [0.25, 0.3) is 0 Å². The van der Waals surface area contributed by atoms with Crippen LogP contribution in [0.15, 0.2) is 94.5 Å². The van der Waals surface area contributed by atoms with Gasteiger partial charge in [0.15, 0.2) is 5.16 Å². The fourth-order valence-electron chi connectivity index (χ4n) is 4.58. The van der Waals surface area contributed by atoms with Gasteiger partial charge in [0.2, 0.25) is 0 Å². The number of benzene rings is 4. The third-order valence-electron chi connectivity index (χ3n) is 5.92. The van der Waals surface area contributed by atoms with Crippen molar-refractivity contribution in [2.75, 3.05) is 0 Å². The van der Waals surface area contributed by atoms with Crippen molar-refractivity contribution in [2.45, 2.75) is 10.9 Å². The minimum absolute atomic E-state index is 0.925. The summed E-state index contributed by atoms with van der Waals surface area (Å²) in [5, 5.41) is 3.42. The molecule has 0 amide bonds. The number of aromatic nitrogens is 2. The Labute approximate surface area is 177 Å². The lowest BCUT2D eigenvalue weighted by molar-refractivity contribution is 0.669. The summed E-state index contributed by atoms with van der Waals surface area (Å²) >= 11 is 1.80. The van der Waals surface area contributed by atoms with E-state index in [0.29, 0.717) is 0 Å². The Balaban J connectivity index is 1.47. The summed E-state index contributed by atoms with van der Waals surface area (Å²) in [5.74, 6) is 0.925. The van der Waals surface area contributed by atoms with E-state index in [9.17, 15) is 0 Å². The SMILES string of the molecule is c1ccc2c(c1)nc1n2-c2ccc(-c3cccc4oc5ccccc5c34)cc2CS1. The van der Waals surface area contributed by atoms with Crippen molar-refractivity contribution in [3.05, 3.63) is 90.5 Å². The Morgan fingerprint density at radius 3 is 2.70 bits per heavy atom. The summed E-state index contributed by atoms with van der Waals surface area (Å²) in [6.45, 7) is 0. The van der Waals surface area contributed by atoms with Crippen molar-refractivity contribution in [2.24, 2.45) is 0 Å². The number of nitrogens with zero attached hydrogens (tertiary/aromatic N) is 2. The van der Waals surface area contributed by atoms with Crippen LogP contribution in [0, 0.1) is 0 Å². The zero-order valence-corrected chi connectivity index (χ0v) is 16.8. The van der Waals surface area contributed by atoms with Gasteiger partial charge in [0, 0.05) is 16.5 Å². The van der Waals surface area contributed by atoms with Gasteiger partial charge in [-0.2, -0.15) is 0 Å². The van der Waals surface area contributed by atoms with Gasteiger partial charge in [-0.05, 0) is 53.1 Å². The number of rotatable bonds is 1. The molecule has 4 aromatic carbocycles. The van der Waals surface area contributed by atoms with Crippen LogP contribution in [0.1, 0.15) is 5.56 Å². The first-order valence-electron chi connectivity index (χ1n) is 10.0. The maximum Gasteiger partial charge on any atom is 0.174 e. The van der Waals surface area contributed by atoms with Gasteiger partial charge in [0.05, 0.1) is 16.7 Å². The monoisotopic (exact) mass is 404 g/mol. The van der Waals surface area contributed by atoms with E-state index in [0.717, 1.165) is 38.5 Å². The smallest absolute Gasteiger partial charge is 0.174 e. The average molecular weight is 404 g/mol. The van der Waals surface area contributed by atoms with Gasteiger partial charge in [0.1, 0.15) is 11.2 Å². The van der Waals surface area contributed by atoms with Crippen LogP contribution in [0.4, 0.5) is 0 Å². The summed E-state index contributed by atoms with van der Waals surface area (Å²) in [5.41, 5.74) is 9.07. The minimum Gasteiger partial charge on any atom is -0.456 e. The molecular weight excluding hydrogens is 388 g/mol. The lowest BCUT2D eigenvalue weighted by atomic mass is 9.97. The van der Waals surface area contributed by atoms with E-state index in [-0.39, 0.29) is 0 Å². The zero-order valence-electron chi connectivity index (χ0n) is 16.0. The van der Waals surface area contributed by atoms with Crippen molar-refractivity contribution in [1.82, 2.24) is 9.55 Å². The van der Waals surface area contributed by atoms with Crippen LogP contribution in [0.2, 0.25) is 0 Å². The normalized spacial score (nSPS) is 13.1. The molecule has 0 radical (unpaired) electrons. The molecule has 6 aromatic rings. The molecule has 0 saturated carbocycles. The number of furan rings is 1. The summed E-state index contributed by atoms with van der Waals surface area (Å²) < 4.78 is 8.38. The van der Waals surface area contributed by atoms with Crippen molar-refractivity contribution < 1.29 is 4.42 Å². The summed E-state index contributed by atoms with van der Waals surface area (Å²) in [7, 11) is 0. The molecule has 0 unspecified atom stereocenters. The number of hydrogen-bond donors (Lipinski definition) is 0. The second-order valence-corrected chi connectivity index (χ2v) is 8.57. The van der Waals surface area contributed by atoms with Crippen LogP contribution in [-0.4, -0.2) is 9.55 Å². The molecule has 0 aliphatic carbocycles. The molecule has 0 bridgehead atoms. The van der Waals surface area contributed by atoms with E-state index in [4.69, 9.17) is 9.40 Å². The predicted molar refractivity (Wildman–Crippen MR) is 123 cm³/mol. The highest BCUT2D eigenvalue weighted by atomic mass is 32.2. The molecule has 0 fully saturated rings. The Hall–Kier alpha value is -3.50. The van der Waals surface area contributed by atoms with Gasteiger partial charge in [-0.1, -0.05) is 60.3 Å². The molecule has 2 aromatic heterocycles. The van der Waals surface area contributed by atoms with Crippen LogP contribution in [0.25, 0.3) is 49.8 Å². The van der Waals surface area contributed by atoms with E-state index >= 15 is 0 Å². The quantitative estimate of drug-likeness (QED) is 0.290. The summed E-state index contributed by atoms with van der Waals surface area (Å²) in [6.07, 6.45) is 0. The predicted octanol–water partition coefficient (Wildman–Crippen LogP) is 7.20. The van der Waals surface area contributed by atoms with Gasteiger partial charge < -0.3 is 4.42 Å². The van der Waals surface area contributed by atoms with E-state index in [1.165, 1.54) is 27.8 Å². The van der Waals surface area contributed by atoms with Gasteiger partial charge in [-0.25, -0.2) is 4.98 Å². The van der Waals surface area contributed by atoms with E-state index in [1.54, 1.807) is 11.8 Å². The van der Waals surface area contributed by atoms with E-state index in [1.807, 2.05) is 18.2 Å². The number of fused-ring (bicyclic) bond motifs is 8. The third-order valence-corrected chi connectivity index (χ3v) is 6.91. The van der Waals surface area contributed by atoms with Crippen LogP contribution in [0.3, 0.4) is 0 Å². The van der Waals surface area contributed by atoms with Gasteiger partial charge in [-0.3, -0.25) is 4.57 Å². The molecule has 0 N–H and O–H groups in total. The second kappa shape index (κ2) is 6.00. The topological polar surface area (TPSA) is 31.0 Å². The molecule has 0 spiro atoms. The minimum atomic E-state index is 0.925. The first-order chi connectivity index (χ1) is 14.9. The molecule has 142 valence electrons. The largest absolute Gasteiger partial charge is 0.456 e. The number of para-hydroxylation sites is 3. The molecule has 4 heteroatoms. The van der Waals surface area contributed by atoms with Crippen LogP contribution in [-0.2, 0) is 5.75 Å². The zero-order chi connectivity index (χ0) is 19.7. The van der Waals surface area contributed by atoms with Gasteiger partial charge in [-0.15, -0.1) is 0 Å². The molecule has 0 atom stereocenters. The Kier molecular flexibility index (Phi) is 3.26. The fraction of sp³-hybridized carbons (Fsp3) is 0.0385. The highest BCUT2D eigenvalue weighted by molar-refractivity contribution is 7.98. The highest BCUT2D eigenvalue weighted by Gasteiger charge is 2.21. The molecule has 3 nitrogen and oxygen atoms in total. The third kappa shape index (κ3) is 2.20. The van der Waals surface area contributed by atoms with E-state index < -0.39 is 0 Å². The molecule has 1 aliphatic heterocycles. The number of hydrogen-bond acceptors (Lipinski definition) is 3. The van der Waals surface area contributed by atoms with Crippen molar-refractivity contribution in [3.63, 3.8) is 0 Å². The van der Waals surface area contributed by atoms with Crippen molar-refractivity contribution in [1.29, 1.82) is 0 Å².